The molecule has 6 nitrogen and oxygen atoms in total. The van der Waals surface area contributed by atoms with Crippen molar-refractivity contribution in [2.45, 2.75) is 26.4 Å². The van der Waals surface area contributed by atoms with Crippen LogP contribution in [0.1, 0.15) is 24.5 Å². The van der Waals surface area contributed by atoms with Crippen molar-refractivity contribution in [2.24, 2.45) is 5.73 Å². The Hall–Kier alpha value is -2.24. The molecule has 0 aliphatic heterocycles. The highest BCUT2D eigenvalue weighted by molar-refractivity contribution is 5.73. The number of carbonyl (C=O) groups excluding carboxylic acids is 1. The zero-order valence-electron chi connectivity index (χ0n) is 10.4. The molecule has 1 unspecified atom stereocenters. The van der Waals surface area contributed by atoms with Gasteiger partial charge < -0.3 is 15.5 Å². The Balaban J connectivity index is 2.00. The average molecular weight is 248 g/mol. The number of aryl methyl sites for hydroxylation is 1. The summed E-state index contributed by atoms with van der Waals surface area (Å²) in [5.74, 6) is 1.32. The molecule has 0 bridgehead atoms. The number of anilines is 1. The molecule has 0 spiro atoms. The highest BCUT2D eigenvalue weighted by Crippen LogP contribution is 2.20. The third-order valence-corrected chi connectivity index (χ3v) is 2.52. The number of nitrogens with one attached hydrogen (secondary N) is 1. The number of nitrogens with two attached hydrogens (primary N) is 1. The lowest BCUT2D eigenvalue weighted by atomic mass is 10.2. The fraction of sp³-hybridized carbons (Fsp3) is 0.333. The van der Waals surface area contributed by atoms with Crippen molar-refractivity contribution in [1.82, 2.24) is 9.78 Å². The number of primary amides is 1. The lowest BCUT2D eigenvalue weighted by Gasteiger charge is -2.10. The van der Waals surface area contributed by atoms with Gasteiger partial charge in [-0.3, -0.25) is 9.48 Å². The Morgan fingerprint density at radius 3 is 3.00 bits per heavy atom. The standard InChI is InChI=1S/C12H16N4O2/c1-8-3-4-11(18-8)9(2)15-10-5-14-16(6-10)7-12(13)17/h3-6,9,15H,7H2,1-2H3,(H2,13,17). The first-order valence-corrected chi connectivity index (χ1v) is 5.68. The molecular formula is C12H16N4O2. The van der Waals surface area contributed by atoms with Gasteiger partial charge in [0.1, 0.15) is 18.1 Å². The molecule has 2 heterocycles. The molecule has 0 aliphatic rings. The highest BCUT2D eigenvalue weighted by atomic mass is 16.3. The second-order valence-electron chi connectivity index (χ2n) is 4.21. The number of carbonyl (C=O) groups is 1. The number of aromatic nitrogens is 2. The van der Waals surface area contributed by atoms with E-state index in [9.17, 15) is 4.79 Å². The van der Waals surface area contributed by atoms with Crippen LogP contribution in [0.2, 0.25) is 0 Å². The van der Waals surface area contributed by atoms with Gasteiger partial charge in [-0.2, -0.15) is 5.10 Å². The summed E-state index contributed by atoms with van der Waals surface area (Å²) in [6.45, 7) is 3.97. The Bertz CT molecular complexity index is 544. The molecule has 6 heteroatoms. The number of hydrogen-bond acceptors (Lipinski definition) is 4. The molecule has 3 N–H and O–H groups in total. The molecule has 0 saturated carbocycles. The predicted molar refractivity (Wildman–Crippen MR) is 66.9 cm³/mol. The van der Waals surface area contributed by atoms with Gasteiger partial charge in [-0.15, -0.1) is 0 Å². The fourth-order valence-corrected chi connectivity index (χ4v) is 1.69. The molecule has 1 atom stereocenters. The van der Waals surface area contributed by atoms with Crippen molar-refractivity contribution < 1.29 is 9.21 Å². The van der Waals surface area contributed by atoms with Crippen LogP contribution in [0.4, 0.5) is 5.69 Å². The third-order valence-electron chi connectivity index (χ3n) is 2.52. The van der Waals surface area contributed by atoms with E-state index in [1.54, 1.807) is 12.4 Å². The summed E-state index contributed by atoms with van der Waals surface area (Å²) >= 11 is 0. The topological polar surface area (TPSA) is 86.1 Å². The van der Waals surface area contributed by atoms with Crippen molar-refractivity contribution in [2.75, 3.05) is 5.32 Å². The van der Waals surface area contributed by atoms with Gasteiger partial charge in [0, 0.05) is 6.20 Å². The summed E-state index contributed by atoms with van der Waals surface area (Å²) in [5, 5.41) is 7.27. The van der Waals surface area contributed by atoms with Crippen molar-refractivity contribution >= 4 is 11.6 Å². The number of rotatable bonds is 5. The van der Waals surface area contributed by atoms with Gasteiger partial charge in [-0.1, -0.05) is 0 Å². The van der Waals surface area contributed by atoms with Crippen LogP contribution in [0.15, 0.2) is 28.9 Å². The molecule has 2 aromatic heterocycles. The fourth-order valence-electron chi connectivity index (χ4n) is 1.69. The molecule has 2 rings (SSSR count). The Labute approximate surface area is 105 Å². The Morgan fingerprint density at radius 2 is 2.39 bits per heavy atom. The van der Waals surface area contributed by atoms with Crippen LogP contribution in [-0.4, -0.2) is 15.7 Å². The average Bonchev–Trinajstić information content (AvgIpc) is 2.87. The molecule has 0 aromatic carbocycles. The quantitative estimate of drug-likeness (QED) is 0.838. The van der Waals surface area contributed by atoms with Gasteiger partial charge in [-0.05, 0) is 26.0 Å². The minimum absolute atomic E-state index is 0.0323. The van der Waals surface area contributed by atoms with E-state index in [-0.39, 0.29) is 12.6 Å². The van der Waals surface area contributed by atoms with Gasteiger partial charge in [0.2, 0.25) is 5.91 Å². The molecule has 1 amide bonds. The van der Waals surface area contributed by atoms with Gasteiger partial charge in [0.15, 0.2) is 0 Å². The zero-order chi connectivity index (χ0) is 13.1. The van der Waals surface area contributed by atoms with E-state index < -0.39 is 5.91 Å². The van der Waals surface area contributed by atoms with Crippen molar-refractivity contribution in [3.8, 4) is 0 Å². The molecule has 0 fully saturated rings. The largest absolute Gasteiger partial charge is 0.464 e. The molecular weight excluding hydrogens is 232 g/mol. The first-order chi connectivity index (χ1) is 8.54. The summed E-state index contributed by atoms with van der Waals surface area (Å²) in [7, 11) is 0. The number of nitrogens with zero attached hydrogens (tertiary/aromatic N) is 2. The normalized spacial score (nSPS) is 12.3. The SMILES string of the molecule is Cc1ccc(C(C)Nc2cnn(CC(N)=O)c2)o1. The molecule has 96 valence electrons. The summed E-state index contributed by atoms with van der Waals surface area (Å²) < 4.78 is 7.02. The van der Waals surface area contributed by atoms with E-state index in [4.69, 9.17) is 10.2 Å². The molecule has 2 aromatic rings. The van der Waals surface area contributed by atoms with Crippen molar-refractivity contribution in [3.63, 3.8) is 0 Å². The van der Waals surface area contributed by atoms with Gasteiger partial charge in [0.05, 0.1) is 17.9 Å². The smallest absolute Gasteiger partial charge is 0.239 e. The lowest BCUT2D eigenvalue weighted by Crippen LogP contribution is -2.18. The van der Waals surface area contributed by atoms with E-state index in [0.29, 0.717) is 0 Å². The highest BCUT2D eigenvalue weighted by Gasteiger charge is 2.10. The summed E-state index contributed by atoms with van der Waals surface area (Å²) in [6.07, 6.45) is 3.38. The number of hydrogen-bond donors (Lipinski definition) is 2. The minimum Gasteiger partial charge on any atom is -0.464 e. The predicted octanol–water partition coefficient (Wildman–Crippen LogP) is 1.44. The van der Waals surface area contributed by atoms with E-state index in [1.807, 2.05) is 26.0 Å². The van der Waals surface area contributed by atoms with E-state index >= 15 is 0 Å². The van der Waals surface area contributed by atoms with Crippen LogP contribution in [0.5, 0.6) is 0 Å². The summed E-state index contributed by atoms with van der Waals surface area (Å²) in [4.78, 5) is 10.8. The maximum atomic E-state index is 10.8. The van der Waals surface area contributed by atoms with Gasteiger partial charge >= 0.3 is 0 Å². The van der Waals surface area contributed by atoms with E-state index in [2.05, 4.69) is 10.4 Å². The lowest BCUT2D eigenvalue weighted by molar-refractivity contribution is -0.118. The molecule has 18 heavy (non-hydrogen) atoms. The monoisotopic (exact) mass is 248 g/mol. The molecule has 0 saturated heterocycles. The van der Waals surface area contributed by atoms with Crippen LogP contribution >= 0.6 is 0 Å². The van der Waals surface area contributed by atoms with Gasteiger partial charge in [-0.25, -0.2) is 0 Å². The minimum atomic E-state index is -0.417. The van der Waals surface area contributed by atoms with Crippen LogP contribution < -0.4 is 11.1 Å². The maximum Gasteiger partial charge on any atom is 0.239 e. The molecule has 0 aliphatic carbocycles. The second-order valence-corrected chi connectivity index (χ2v) is 4.21. The number of amides is 1. The first kappa shape index (κ1) is 12.2. The van der Waals surface area contributed by atoms with E-state index in [1.165, 1.54) is 4.68 Å². The summed E-state index contributed by atoms with van der Waals surface area (Å²) in [6, 6.07) is 3.88. The zero-order valence-corrected chi connectivity index (χ0v) is 10.4. The van der Waals surface area contributed by atoms with Crippen LogP contribution in [0.3, 0.4) is 0 Å². The van der Waals surface area contributed by atoms with Crippen molar-refractivity contribution in [1.29, 1.82) is 0 Å². The molecule has 0 radical (unpaired) electrons. The van der Waals surface area contributed by atoms with E-state index in [0.717, 1.165) is 17.2 Å². The van der Waals surface area contributed by atoms with Crippen LogP contribution in [0, 0.1) is 6.92 Å². The Morgan fingerprint density at radius 1 is 1.61 bits per heavy atom. The van der Waals surface area contributed by atoms with Crippen LogP contribution in [0.25, 0.3) is 0 Å². The number of furan rings is 1. The third kappa shape index (κ3) is 2.91. The Kier molecular flexibility index (Phi) is 3.36. The van der Waals surface area contributed by atoms with Crippen LogP contribution in [-0.2, 0) is 11.3 Å². The van der Waals surface area contributed by atoms with Crippen molar-refractivity contribution in [3.05, 3.63) is 36.0 Å². The summed E-state index contributed by atoms with van der Waals surface area (Å²) in [5.41, 5.74) is 5.91. The second kappa shape index (κ2) is 4.95. The maximum absolute atomic E-state index is 10.8. The van der Waals surface area contributed by atoms with Gasteiger partial charge in [0.25, 0.3) is 0 Å². The first-order valence-electron chi connectivity index (χ1n) is 5.68.